The van der Waals surface area contributed by atoms with Gasteiger partial charge in [-0.15, -0.1) is 0 Å². The number of aromatic nitrogens is 2. The second-order valence-electron chi connectivity index (χ2n) is 5.77. The van der Waals surface area contributed by atoms with E-state index in [0.29, 0.717) is 24.8 Å². The Morgan fingerprint density at radius 2 is 1.96 bits per heavy atom. The number of hydrogen-bond donors (Lipinski definition) is 1. The molecule has 0 bridgehead atoms. The average Bonchev–Trinajstić information content (AvgIpc) is 3.16. The van der Waals surface area contributed by atoms with Gasteiger partial charge in [0.25, 0.3) is 0 Å². The van der Waals surface area contributed by atoms with Crippen LogP contribution in [0.4, 0.5) is 20.2 Å². The van der Waals surface area contributed by atoms with Crippen LogP contribution < -0.4 is 10.2 Å². The second-order valence-corrected chi connectivity index (χ2v) is 5.77. The van der Waals surface area contributed by atoms with Crippen LogP contribution in [0.25, 0.3) is 0 Å². The number of halogens is 2. The van der Waals surface area contributed by atoms with Crippen molar-refractivity contribution in [1.82, 2.24) is 10.1 Å². The summed E-state index contributed by atoms with van der Waals surface area (Å²) >= 11 is 0. The Labute approximate surface area is 137 Å². The molecular weight excluding hydrogens is 318 g/mol. The molecule has 0 spiro atoms. The highest BCUT2D eigenvalue weighted by atomic mass is 19.1. The second kappa shape index (κ2) is 6.94. The first-order chi connectivity index (χ1) is 11.5. The van der Waals surface area contributed by atoms with Crippen molar-refractivity contribution in [2.24, 2.45) is 0 Å². The number of carbonyl (C=O) groups excluding carboxylic acids is 1. The molecule has 128 valence electrons. The lowest BCUT2D eigenvalue weighted by Crippen LogP contribution is -2.21. The summed E-state index contributed by atoms with van der Waals surface area (Å²) in [7, 11) is 0. The molecule has 2 heterocycles. The summed E-state index contributed by atoms with van der Waals surface area (Å²) in [5.74, 6) is -0.866. The number of nitrogens with zero attached hydrogens (tertiary/aromatic N) is 3. The highest BCUT2D eigenvalue weighted by Crippen LogP contribution is 2.29. The molecule has 1 aliphatic heterocycles. The van der Waals surface area contributed by atoms with E-state index in [-0.39, 0.29) is 30.1 Å². The lowest BCUT2D eigenvalue weighted by molar-refractivity contribution is -0.116. The number of anilines is 2. The fraction of sp³-hybridized carbons (Fsp3) is 0.438. The zero-order valence-electron chi connectivity index (χ0n) is 13.3. The molecule has 0 radical (unpaired) electrons. The Morgan fingerprint density at radius 1 is 1.29 bits per heavy atom. The average molecular weight is 336 g/mol. The van der Waals surface area contributed by atoms with Crippen LogP contribution in [0.1, 0.15) is 31.0 Å². The zero-order chi connectivity index (χ0) is 17.1. The van der Waals surface area contributed by atoms with Gasteiger partial charge in [-0.25, -0.2) is 8.78 Å². The summed E-state index contributed by atoms with van der Waals surface area (Å²) in [5, 5.41) is 6.12. The number of carbonyl (C=O) groups is 1. The van der Waals surface area contributed by atoms with Gasteiger partial charge in [0.05, 0.1) is 0 Å². The van der Waals surface area contributed by atoms with Crippen LogP contribution in [0.2, 0.25) is 0 Å². The minimum Gasteiger partial charge on any atom is -0.367 e. The molecule has 1 aromatic heterocycles. The Morgan fingerprint density at radius 3 is 2.54 bits per heavy atom. The van der Waals surface area contributed by atoms with Gasteiger partial charge in [-0.3, -0.25) is 4.79 Å². The predicted octanol–water partition coefficient (Wildman–Crippen LogP) is 2.83. The van der Waals surface area contributed by atoms with E-state index in [1.807, 2.05) is 0 Å². The molecule has 1 saturated heterocycles. The van der Waals surface area contributed by atoms with E-state index >= 15 is 0 Å². The zero-order valence-corrected chi connectivity index (χ0v) is 13.3. The van der Waals surface area contributed by atoms with Crippen LogP contribution in [-0.4, -0.2) is 29.1 Å². The van der Waals surface area contributed by atoms with Gasteiger partial charge in [0, 0.05) is 31.6 Å². The molecule has 2 aromatic rings. The standard InChI is InChI=1S/C16H18F2N4O2/c1-10-19-15(24-21-10)5-4-14(23)20-11-8-12(17)16(13(18)9-11)22-6-2-3-7-22/h8-9H,2-7H2,1H3,(H,20,23). The topological polar surface area (TPSA) is 71.3 Å². The number of benzene rings is 1. The number of amides is 1. The Kier molecular flexibility index (Phi) is 4.73. The van der Waals surface area contributed by atoms with Crippen molar-refractivity contribution in [3.05, 3.63) is 35.5 Å². The highest BCUT2D eigenvalue weighted by molar-refractivity contribution is 5.91. The van der Waals surface area contributed by atoms with Crippen LogP contribution in [0.5, 0.6) is 0 Å². The van der Waals surface area contributed by atoms with E-state index in [1.165, 1.54) is 0 Å². The molecule has 8 heteroatoms. The van der Waals surface area contributed by atoms with Crippen molar-refractivity contribution in [2.75, 3.05) is 23.3 Å². The van der Waals surface area contributed by atoms with Gasteiger partial charge < -0.3 is 14.7 Å². The number of aryl methyl sites for hydroxylation is 2. The van der Waals surface area contributed by atoms with Crippen LogP contribution in [-0.2, 0) is 11.2 Å². The first-order valence-electron chi connectivity index (χ1n) is 7.86. The largest absolute Gasteiger partial charge is 0.367 e. The SMILES string of the molecule is Cc1noc(CCC(=O)Nc2cc(F)c(N3CCCC3)c(F)c2)n1. The lowest BCUT2D eigenvalue weighted by Gasteiger charge is -2.19. The molecule has 0 aliphatic carbocycles. The van der Waals surface area contributed by atoms with Crippen LogP contribution in [0.15, 0.2) is 16.7 Å². The number of rotatable bonds is 5. The Hall–Kier alpha value is -2.51. The smallest absolute Gasteiger partial charge is 0.227 e. The maximum atomic E-state index is 14.2. The summed E-state index contributed by atoms with van der Waals surface area (Å²) in [6.45, 7) is 2.97. The van der Waals surface area contributed by atoms with E-state index in [1.54, 1.807) is 11.8 Å². The van der Waals surface area contributed by atoms with E-state index < -0.39 is 11.6 Å². The summed E-state index contributed by atoms with van der Waals surface area (Å²) in [5.41, 5.74) is 0.0755. The molecule has 1 N–H and O–H groups in total. The van der Waals surface area contributed by atoms with Gasteiger partial charge in [-0.2, -0.15) is 4.98 Å². The van der Waals surface area contributed by atoms with Crippen molar-refractivity contribution in [1.29, 1.82) is 0 Å². The molecule has 1 fully saturated rings. The van der Waals surface area contributed by atoms with Gasteiger partial charge >= 0.3 is 0 Å². The molecular formula is C16H18F2N4O2. The summed E-state index contributed by atoms with van der Waals surface area (Å²) < 4.78 is 33.3. The van der Waals surface area contributed by atoms with Gasteiger partial charge in [0.2, 0.25) is 11.8 Å². The van der Waals surface area contributed by atoms with Gasteiger partial charge in [-0.05, 0) is 31.9 Å². The van der Waals surface area contributed by atoms with Gasteiger partial charge in [0.1, 0.15) is 5.69 Å². The van der Waals surface area contributed by atoms with Crippen molar-refractivity contribution in [2.45, 2.75) is 32.6 Å². The maximum absolute atomic E-state index is 14.2. The molecule has 1 aromatic carbocycles. The highest BCUT2D eigenvalue weighted by Gasteiger charge is 2.21. The molecule has 3 rings (SSSR count). The summed E-state index contributed by atoms with van der Waals surface area (Å²) in [6.07, 6.45) is 2.20. The predicted molar refractivity (Wildman–Crippen MR) is 83.8 cm³/mol. The van der Waals surface area contributed by atoms with E-state index in [9.17, 15) is 13.6 Å². The van der Waals surface area contributed by atoms with Gasteiger partial charge in [-0.1, -0.05) is 5.16 Å². The Bertz CT molecular complexity index is 718. The van der Waals surface area contributed by atoms with E-state index in [4.69, 9.17) is 4.52 Å². The lowest BCUT2D eigenvalue weighted by atomic mass is 10.2. The maximum Gasteiger partial charge on any atom is 0.227 e. The normalized spacial score (nSPS) is 14.2. The fourth-order valence-corrected chi connectivity index (χ4v) is 2.77. The minimum absolute atomic E-state index is 0.0214. The summed E-state index contributed by atoms with van der Waals surface area (Å²) in [4.78, 5) is 17.6. The third-order valence-corrected chi connectivity index (χ3v) is 3.86. The third-order valence-electron chi connectivity index (χ3n) is 3.86. The van der Waals surface area contributed by atoms with Crippen LogP contribution >= 0.6 is 0 Å². The first kappa shape index (κ1) is 16.4. The molecule has 24 heavy (non-hydrogen) atoms. The molecule has 6 nitrogen and oxygen atoms in total. The van der Waals surface area contributed by atoms with E-state index in [0.717, 1.165) is 25.0 Å². The Balaban J connectivity index is 1.63. The van der Waals surface area contributed by atoms with Gasteiger partial charge in [0.15, 0.2) is 17.5 Å². The van der Waals surface area contributed by atoms with Crippen molar-refractivity contribution >= 4 is 17.3 Å². The third kappa shape index (κ3) is 3.69. The van der Waals surface area contributed by atoms with Crippen molar-refractivity contribution < 1.29 is 18.1 Å². The first-order valence-corrected chi connectivity index (χ1v) is 7.86. The fourth-order valence-electron chi connectivity index (χ4n) is 2.77. The van der Waals surface area contributed by atoms with Crippen LogP contribution in [0, 0.1) is 18.6 Å². The van der Waals surface area contributed by atoms with Crippen molar-refractivity contribution in [3.8, 4) is 0 Å². The molecule has 0 unspecified atom stereocenters. The number of hydrogen-bond acceptors (Lipinski definition) is 5. The van der Waals surface area contributed by atoms with Crippen molar-refractivity contribution in [3.63, 3.8) is 0 Å². The molecule has 0 saturated carbocycles. The molecule has 1 aliphatic rings. The summed E-state index contributed by atoms with van der Waals surface area (Å²) in [6, 6.07) is 2.29. The monoisotopic (exact) mass is 336 g/mol. The molecule has 0 atom stereocenters. The quantitative estimate of drug-likeness (QED) is 0.909. The molecule has 1 amide bonds. The minimum atomic E-state index is -0.667. The van der Waals surface area contributed by atoms with Crippen LogP contribution in [0.3, 0.4) is 0 Å². The van der Waals surface area contributed by atoms with E-state index in [2.05, 4.69) is 15.5 Å². The number of nitrogens with one attached hydrogen (secondary N) is 1.